The zero-order valence-corrected chi connectivity index (χ0v) is 18.3. The molecular weight excluding hydrogens is 416 g/mol. The lowest BCUT2D eigenvalue weighted by Crippen LogP contribution is -2.21. The Morgan fingerprint density at radius 2 is 2.03 bits per heavy atom. The van der Waals surface area contributed by atoms with Gasteiger partial charge in [-0.3, -0.25) is 9.48 Å². The topological polar surface area (TPSA) is 114 Å². The van der Waals surface area contributed by atoms with Crippen LogP contribution >= 0.6 is 0 Å². The highest BCUT2D eigenvalue weighted by atomic mass is 16.5. The third kappa shape index (κ3) is 3.64. The monoisotopic (exact) mass is 438 g/mol. The number of amides is 1. The van der Waals surface area contributed by atoms with E-state index in [9.17, 15) is 10.1 Å². The number of nitrogens with zero attached hydrogens (tertiary/aromatic N) is 5. The molecule has 0 spiro atoms. The minimum absolute atomic E-state index is 0.0308. The van der Waals surface area contributed by atoms with Crippen LogP contribution in [0.2, 0.25) is 0 Å². The summed E-state index contributed by atoms with van der Waals surface area (Å²) in [4.78, 5) is 13.5. The molecule has 4 aromatic rings. The molecule has 3 heterocycles. The molecule has 1 aliphatic heterocycles. The van der Waals surface area contributed by atoms with Crippen molar-refractivity contribution in [3.05, 3.63) is 71.9 Å². The molecule has 1 unspecified atom stereocenters. The Hall–Kier alpha value is -4.38. The van der Waals surface area contributed by atoms with Gasteiger partial charge in [0, 0.05) is 46.7 Å². The summed E-state index contributed by atoms with van der Waals surface area (Å²) in [5, 5.41) is 17.7. The number of fused-ring (bicyclic) bond motifs is 3. The third-order valence-electron chi connectivity index (χ3n) is 5.94. The van der Waals surface area contributed by atoms with Gasteiger partial charge in [0.2, 0.25) is 5.91 Å². The molecular formula is C25H22N6O2. The fourth-order valence-corrected chi connectivity index (χ4v) is 4.37. The van der Waals surface area contributed by atoms with Crippen LogP contribution in [0.5, 0.6) is 0 Å². The van der Waals surface area contributed by atoms with Gasteiger partial charge in [0.15, 0.2) is 0 Å². The third-order valence-corrected chi connectivity index (χ3v) is 5.94. The van der Waals surface area contributed by atoms with Crippen molar-refractivity contribution in [1.29, 1.82) is 5.26 Å². The summed E-state index contributed by atoms with van der Waals surface area (Å²) in [5.74, 6) is 0.529. The van der Waals surface area contributed by atoms with E-state index in [2.05, 4.69) is 40.3 Å². The number of carbonyl (C=O) groups excluding carboxylic acids is 1. The van der Waals surface area contributed by atoms with Gasteiger partial charge in [-0.05, 0) is 42.8 Å². The highest BCUT2D eigenvalue weighted by molar-refractivity contribution is 5.89. The van der Waals surface area contributed by atoms with Crippen LogP contribution < -0.4 is 10.6 Å². The molecule has 2 aromatic carbocycles. The van der Waals surface area contributed by atoms with E-state index in [0.717, 1.165) is 45.1 Å². The van der Waals surface area contributed by atoms with Gasteiger partial charge in [-0.1, -0.05) is 24.2 Å². The van der Waals surface area contributed by atoms with E-state index in [0.29, 0.717) is 12.1 Å². The largest absolute Gasteiger partial charge is 0.368 e. The molecule has 1 aliphatic rings. The molecule has 5 rings (SSSR count). The smallest absolute Gasteiger partial charge is 0.239 e. The van der Waals surface area contributed by atoms with Crippen molar-refractivity contribution in [3.8, 4) is 28.3 Å². The van der Waals surface area contributed by atoms with Crippen LogP contribution in [0.4, 0.5) is 11.4 Å². The fraction of sp³-hybridized carbons (Fsp3) is 0.200. The SMILES string of the molecule is Cc1noc2c1-c1ccc(-c3cnn(CC(N)=O)c3)cc1N(c1ccc(C#N)cc1)CC2C. The maximum atomic E-state index is 11.3. The molecule has 0 saturated heterocycles. The summed E-state index contributed by atoms with van der Waals surface area (Å²) >= 11 is 0. The van der Waals surface area contributed by atoms with E-state index < -0.39 is 5.91 Å². The minimum Gasteiger partial charge on any atom is -0.368 e. The molecule has 0 saturated carbocycles. The number of aryl methyl sites for hydroxylation is 1. The second-order valence-electron chi connectivity index (χ2n) is 8.30. The zero-order chi connectivity index (χ0) is 23.1. The maximum Gasteiger partial charge on any atom is 0.239 e. The summed E-state index contributed by atoms with van der Waals surface area (Å²) in [6, 6.07) is 16.0. The molecule has 1 amide bonds. The number of carbonyl (C=O) groups is 1. The van der Waals surface area contributed by atoms with Gasteiger partial charge in [-0.15, -0.1) is 0 Å². The summed E-state index contributed by atoms with van der Waals surface area (Å²) in [6.45, 7) is 4.80. The lowest BCUT2D eigenvalue weighted by molar-refractivity contribution is -0.118. The second kappa shape index (κ2) is 7.95. The van der Waals surface area contributed by atoms with Crippen molar-refractivity contribution in [2.24, 2.45) is 5.73 Å². The summed E-state index contributed by atoms with van der Waals surface area (Å²) in [7, 11) is 0. The Labute approximate surface area is 190 Å². The normalized spacial score (nSPS) is 14.8. The van der Waals surface area contributed by atoms with Gasteiger partial charge in [0.25, 0.3) is 0 Å². The van der Waals surface area contributed by atoms with Crippen molar-refractivity contribution < 1.29 is 9.32 Å². The van der Waals surface area contributed by atoms with Gasteiger partial charge in [0.1, 0.15) is 12.3 Å². The Morgan fingerprint density at radius 1 is 1.24 bits per heavy atom. The summed E-state index contributed by atoms with van der Waals surface area (Å²) in [5.41, 5.74) is 12.7. The molecule has 0 aliphatic carbocycles. The Morgan fingerprint density at radius 3 is 2.76 bits per heavy atom. The molecule has 33 heavy (non-hydrogen) atoms. The van der Waals surface area contributed by atoms with Crippen LogP contribution in [0.15, 0.2) is 59.4 Å². The van der Waals surface area contributed by atoms with Gasteiger partial charge in [-0.25, -0.2) is 0 Å². The number of nitrogens with two attached hydrogens (primary N) is 1. The summed E-state index contributed by atoms with van der Waals surface area (Å²) < 4.78 is 7.27. The Kier molecular flexibility index (Phi) is 4.94. The van der Waals surface area contributed by atoms with E-state index in [1.807, 2.05) is 43.5 Å². The molecule has 0 bridgehead atoms. The number of benzene rings is 2. The number of nitriles is 1. The second-order valence-corrected chi connectivity index (χ2v) is 8.30. The van der Waals surface area contributed by atoms with E-state index in [1.165, 1.54) is 4.68 Å². The Bertz CT molecular complexity index is 1390. The molecule has 2 aromatic heterocycles. The van der Waals surface area contributed by atoms with Gasteiger partial charge in [-0.2, -0.15) is 10.4 Å². The molecule has 2 N–H and O–H groups in total. The first-order chi connectivity index (χ1) is 15.9. The highest BCUT2D eigenvalue weighted by Crippen LogP contribution is 2.46. The fourth-order valence-electron chi connectivity index (χ4n) is 4.37. The molecule has 1 atom stereocenters. The molecule has 8 nitrogen and oxygen atoms in total. The number of primary amides is 1. The highest BCUT2D eigenvalue weighted by Gasteiger charge is 2.30. The first-order valence-corrected chi connectivity index (χ1v) is 10.6. The number of hydrogen-bond acceptors (Lipinski definition) is 6. The van der Waals surface area contributed by atoms with Crippen molar-refractivity contribution in [2.75, 3.05) is 11.4 Å². The van der Waals surface area contributed by atoms with E-state index in [4.69, 9.17) is 10.3 Å². The lowest BCUT2D eigenvalue weighted by Gasteiger charge is -2.27. The van der Waals surface area contributed by atoms with Gasteiger partial charge in [0.05, 0.1) is 23.5 Å². The van der Waals surface area contributed by atoms with Crippen LogP contribution in [0, 0.1) is 18.3 Å². The number of aromatic nitrogens is 3. The van der Waals surface area contributed by atoms with E-state index >= 15 is 0 Å². The van der Waals surface area contributed by atoms with Crippen LogP contribution in [0.1, 0.15) is 29.9 Å². The average Bonchev–Trinajstić information content (AvgIpc) is 3.40. The first kappa shape index (κ1) is 20.5. The molecule has 8 heteroatoms. The predicted octanol–water partition coefficient (Wildman–Crippen LogP) is 4.13. The number of anilines is 2. The quantitative estimate of drug-likeness (QED) is 0.512. The summed E-state index contributed by atoms with van der Waals surface area (Å²) in [6.07, 6.45) is 3.54. The van der Waals surface area contributed by atoms with Crippen LogP contribution in [-0.4, -0.2) is 27.4 Å². The van der Waals surface area contributed by atoms with Crippen LogP contribution in [-0.2, 0) is 11.3 Å². The van der Waals surface area contributed by atoms with Gasteiger partial charge < -0.3 is 15.2 Å². The minimum atomic E-state index is -0.442. The molecule has 0 radical (unpaired) electrons. The lowest BCUT2D eigenvalue weighted by atomic mass is 9.96. The van der Waals surface area contributed by atoms with Crippen molar-refractivity contribution in [2.45, 2.75) is 26.3 Å². The van der Waals surface area contributed by atoms with Gasteiger partial charge >= 0.3 is 0 Å². The van der Waals surface area contributed by atoms with Crippen LogP contribution in [0.3, 0.4) is 0 Å². The Balaban J connectivity index is 1.67. The predicted molar refractivity (Wildman–Crippen MR) is 124 cm³/mol. The van der Waals surface area contributed by atoms with Crippen LogP contribution in [0.25, 0.3) is 22.3 Å². The van der Waals surface area contributed by atoms with Crippen molar-refractivity contribution >= 4 is 17.3 Å². The molecule has 0 fully saturated rings. The number of rotatable bonds is 4. The zero-order valence-electron chi connectivity index (χ0n) is 18.3. The van der Waals surface area contributed by atoms with E-state index in [-0.39, 0.29) is 12.5 Å². The van der Waals surface area contributed by atoms with Crippen molar-refractivity contribution in [1.82, 2.24) is 14.9 Å². The van der Waals surface area contributed by atoms with E-state index in [1.54, 1.807) is 6.20 Å². The number of hydrogen-bond donors (Lipinski definition) is 1. The first-order valence-electron chi connectivity index (χ1n) is 10.6. The van der Waals surface area contributed by atoms with Crippen molar-refractivity contribution in [3.63, 3.8) is 0 Å². The average molecular weight is 438 g/mol. The maximum absolute atomic E-state index is 11.3. The standard InChI is InChI=1S/C25H22N6O2/c1-15-12-31(20-6-3-17(10-26)4-7-20)22-9-18(19-11-28-30(13-19)14-23(27)32)5-8-21(22)24-16(2)29-33-25(15)24/h3-9,11,13,15H,12,14H2,1-2H3,(H2,27,32). The molecule has 164 valence electrons.